The molecule has 1 aromatic rings. The van der Waals surface area contributed by atoms with Crippen LogP contribution >= 0.6 is 0 Å². The van der Waals surface area contributed by atoms with E-state index in [1.54, 1.807) is 0 Å². The Labute approximate surface area is 81.1 Å². The summed E-state index contributed by atoms with van der Waals surface area (Å²) in [7, 11) is 1.44. The first-order valence-electron chi connectivity index (χ1n) is 3.94. The highest BCUT2D eigenvalue weighted by Crippen LogP contribution is 2.15. The lowest BCUT2D eigenvalue weighted by Crippen LogP contribution is -2.07. The van der Waals surface area contributed by atoms with Gasteiger partial charge in [-0.25, -0.2) is 4.98 Å². The summed E-state index contributed by atoms with van der Waals surface area (Å²) in [6.45, 7) is 1.38. The van der Waals surface area contributed by atoms with Gasteiger partial charge in [-0.15, -0.1) is 0 Å². The molecule has 1 heterocycles. The summed E-state index contributed by atoms with van der Waals surface area (Å²) >= 11 is 0. The molecule has 0 aliphatic rings. The van der Waals surface area contributed by atoms with Gasteiger partial charge in [0.2, 0.25) is 11.8 Å². The Morgan fingerprint density at radius 1 is 1.57 bits per heavy atom. The number of hydrogen-bond acceptors (Lipinski definition) is 4. The third-order valence-corrected chi connectivity index (χ3v) is 1.47. The molecule has 0 spiro atoms. The maximum Gasteiger partial charge on any atom is 0.221 e. The first-order chi connectivity index (χ1) is 6.65. The van der Waals surface area contributed by atoms with Crippen LogP contribution in [-0.2, 0) is 4.79 Å². The molecule has 0 saturated heterocycles. The van der Waals surface area contributed by atoms with E-state index in [-0.39, 0.29) is 11.6 Å². The second-order valence-electron chi connectivity index (χ2n) is 2.62. The first kappa shape index (κ1) is 10.2. The fourth-order valence-corrected chi connectivity index (χ4v) is 0.966. The smallest absolute Gasteiger partial charge is 0.221 e. The molecule has 1 N–H and O–H groups in total. The van der Waals surface area contributed by atoms with E-state index >= 15 is 0 Å². The maximum atomic E-state index is 10.8. The highest BCUT2D eigenvalue weighted by molar-refractivity contribution is 5.89. The van der Waals surface area contributed by atoms with Gasteiger partial charge in [0.1, 0.15) is 5.69 Å². The fraction of sp³-hybridized carbons (Fsp3) is 0.222. The van der Waals surface area contributed by atoms with Gasteiger partial charge in [-0.1, -0.05) is 0 Å². The number of rotatable bonds is 3. The van der Waals surface area contributed by atoms with E-state index < -0.39 is 0 Å². The van der Waals surface area contributed by atoms with Crippen molar-refractivity contribution in [3.8, 4) is 5.88 Å². The zero-order chi connectivity index (χ0) is 10.6. The number of ether oxygens (including phenoxy) is 1. The van der Waals surface area contributed by atoms with Gasteiger partial charge < -0.3 is 10.1 Å². The number of amides is 1. The van der Waals surface area contributed by atoms with E-state index in [0.717, 1.165) is 0 Å². The number of nitrogens with zero attached hydrogens (tertiary/aromatic N) is 1. The van der Waals surface area contributed by atoms with Gasteiger partial charge in [0.05, 0.1) is 7.11 Å². The van der Waals surface area contributed by atoms with Crippen molar-refractivity contribution in [2.75, 3.05) is 12.4 Å². The van der Waals surface area contributed by atoms with Gasteiger partial charge in [0, 0.05) is 18.7 Å². The van der Waals surface area contributed by atoms with Gasteiger partial charge >= 0.3 is 0 Å². The largest absolute Gasteiger partial charge is 0.481 e. The van der Waals surface area contributed by atoms with E-state index in [4.69, 9.17) is 4.74 Å². The predicted octanol–water partition coefficient (Wildman–Crippen LogP) is 0.861. The molecule has 74 valence electrons. The molecule has 1 aromatic heterocycles. The molecule has 0 fully saturated rings. The van der Waals surface area contributed by atoms with Crippen LogP contribution in [0, 0.1) is 0 Å². The topological polar surface area (TPSA) is 68.3 Å². The average Bonchev–Trinajstić information content (AvgIpc) is 2.16. The first-order valence-corrected chi connectivity index (χ1v) is 3.94. The number of hydrogen-bond donors (Lipinski definition) is 1. The van der Waals surface area contributed by atoms with Crippen molar-refractivity contribution in [1.29, 1.82) is 0 Å². The standard InChI is InChI=1S/C9H10N2O3/c1-6(13)10-7-3-8(5-12)11-9(4-7)14-2/h3-5H,1-2H3,(H,10,11,13). The van der Waals surface area contributed by atoms with E-state index in [9.17, 15) is 9.59 Å². The summed E-state index contributed by atoms with van der Waals surface area (Å²) in [6.07, 6.45) is 0.591. The van der Waals surface area contributed by atoms with Gasteiger partial charge in [0.15, 0.2) is 6.29 Å². The van der Waals surface area contributed by atoms with Crippen molar-refractivity contribution in [1.82, 2.24) is 4.98 Å². The van der Waals surface area contributed by atoms with Gasteiger partial charge in [-0.3, -0.25) is 9.59 Å². The number of nitrogens with one attached hydrogen (secondary N) is 1. The molecule has 0 aliphatic heterocycles. The molecule has 0 unspecified atom stereocenters. The number of pyridine rings is 1. The number of aromatic nitrogens is 1. The molecule has 1 amide bonds. The van der Waals surface area contributed by atoms with Crippen LogP contribution in [0.2, 0.25) is 0 Å². The van der Waals surface area contributed by atoms with Crippen LogP contribution in [0.5, 0.6) is 5.88 Å². The second kappa shape index (κ2) is 4.36. The molecule has 0 bridgehead atoms. The van der Waals surface area contributed by atoms with E-state index in [2.05, 4.69) is 10.3 Å². The second-order valence-corrected chi connectivity index (χ2v) is 2.62. The Morgan fingerprint density at radius 2 is 2.29 bits per heavy atom. The molecule has 14 heavy (non-hydrogen) atoms. The Kier molecular flexibility index (Phi) is 3.17. The van der Waals surface area contributed by atoms with Crippen LogP contribution in [0.4, 0.5) is 5.69 Å². The molecule has 0 saturated carbocycles. The minimum Gasteiger partial charge on any atom is -0.481 e. The van der Waals surface area contributed by atoms with Crippen LogP contribution in [0.15, 0.2) is 12.1 Å². The van der Waals surface area contributed by atoms with Crippen LogP contribution in [0.1, 0.15) is 17.4 Å². The minimum atomic E-state index is -0.213. The quantitative estimate of drug-likeness (QED) is 0.724. The highest BCUT2D eigenvalue weighted by Gasteiger charge is 2.03. The van der Waals surface area contributed by atoms with Crippen LogP contribution in [0.25, 0.3) is 0 Å². The number of carbonyl (C=O) groups excluding carboxylic acids is 2. The third-order valence-electron chi connectivity index (χ3n) is 1.47. The molecule has 1 rings (SSSR count). The van der Waals surface area contributed by atoms with Crippen LogP contribution in [0.3, 0.4) is 0 Å². The van der Waals surface area contributed by atoms with Gasteiger partial charge in [0.25, 0.3) is 0 Å². The lowest BCUT2D eigenvalue weighted by molar-refractivity contribution is -0.114. The fourth-order valence-electron chi connectivity index (χ4n) is 0.966. The summed E-state index contributed by atoms with van der Waals surface area (Å²) in [5.74, 6) is 0.0773. The van der Waals surface area contributed by atoms with Crippen molar-refractivity contribution in [2.24, 2.45) is 0 Å². The van der Waals surface area contributed by atoms with Crippen molar-refractivity contribution >= 4 is 17.9 Å². The number of methoxy groups -OCH3 is 1. The molecular formula is C9H10N2O3. The van der Waals surface area contributed by atoms with Crippen molar-refractivity contribution in [3.05, 3.63) is 17.8 Å². The van der Waals surface area contributed by atoms with E-state index in [1.807, 2.05) is 0 Å². The number of anilines is 1. The maximum absolute atomic E-state index is 10.8. The van der Waals surface area contributed by atoms with Crippen LogP contribution in [-0.4, -0.2) is 24.3 Å². The Hall–Kier alpha value is -1.91. The number of aldehydes is 1. The molecule has 5 heteroatoms. The normalized spacial score (nSPS) is 9.29. The molecule has 0 atom stereocenters. The van der Waals surface area contributed by atoms with Crippen molar-refractivity contribution < 1.29 is 14.3 Å². The Bertz CT molecular complexity index is 363. The zero-order valence-electron chi connectivity index (χ0n) is 7.90. The Morgan fingerprint density at radius 3 is 2.79 bits per heavy atom. The molecule has 0 radical (unpaired) electrons. The zero-order valence-corrected chi connectivity index (χ0v) is 7.90. The highest BCUT2D eigenvalue weighted by atomic mass is 16.5. The summed E-state index contributed by atoms with van der Waals surface area (Å²) in [5.41, 5.74) is 0.708. The summed E-state index contributed by atoms with van der Waals surface area (Å²) in [4.78, 5) is 25.1. The predicted molar refractivity (Wildman–Crippen MR) is 50.5 cm³/mol. The molecular weight excluding hydrogens is 184 g/mol. The average molecular weight is 194 g/mol. The van der Waals surface area contributed by atoms with Crippen molar-refractivity contribution in [2.45, 2.75) is 6.92 Å². The summed E-state index contributed by atoms with van der Waals surface area (Å²) < 4.78 is 4.86. The monoisotopic (exact) mass is 194 g/mol. The SMILES string of the molecule is COc1cc(NC(C)=O)cc(C=O)n1. The Balaban J connectivity index is 3.03. The van der Waals surface area contributed by atoms with E-state index in [1.165, 1.54) is 26.2 Å². The third kappa shape index (κ3) is 2.55. The number of carbonyl (C=O) groups is 2. The van der Waals surface area contributed by atoms with Crippen LogP contribution < -0.4 is 10.1 Å². The minimum absolute atomic E-state index is 0.213. The molecule has 5 nitrogen and oxygen atoms in total. The van der Waals surface area contributed by atoms with E-state index in [0.29, 0.717) is 17.9 Å². The lowest BCUT2D eigenvalue weighted by atomic mass is 10.3. The van der Waals surface area contributed by atoms with Crippen molar-refractivity contribution in [3.63, 3.8) is 0 Å². The lowest BCUT2D eigenvalue weighted by Gasteiger charge is -2.04. The van der Waals surface area contributed by atoms with Gasteiger partial charge in [-0.05, 0) is 6.07 Å². The summed E-state index contributed by atoms with van der Waals surface area (Å²) in [6, 6.07) is 3.01. The summed E-state index contributed by atoms with van der Waals surface area (Å²) in [5, 5.41) is 2.54. The van der Waals surface area contributed by atoms with Gasteiger partial charge in [-0.2, -0.15) is 0 Å². The molecule has 0 aliphatic carbocycles. The molecule has 0 aromatic carbocycles.